The van der Waals surface area contributed by atoms with Gasteiger partial charge in [0, 0.05) is 5.56 Å². The molecule has 0 saturated heterocycles. The molecule has 5 nitrogen and oxygen atoms in total. The van der Waals surface area contributed by atoms with Gasteiger partial charge >= 0.3 is 0 Å². The maximum Gasteiger partial charge on any atom is 0.257 e. The van der Waals surface area contributed by atoms with Gasteiger partial charge in [-0.1, -0.05) is 24.6 Å². The van der Waals surface area contributed by atoms with E-state index in [0.29, 0.717) is 22.2 Å². The van der Waals surface area contributed by atoms with E-state index in [1.807, 2.05) is 19.9 Å². The predicted molar refractivity (Wildman–Crippen MR) is 99.8 cm³/mol. The van der Waals surface area contributed by atoms with Crippen molar-refractivity contribution >= 4 is 40.5 Å². The first-order chi connectivity index (χ1) is 11.5. The van der Waals surface area contributed by atoms with Crippen molar-refractivity contribution in [3.63, 3.8) is 0 Å². The van der Waals surface area contributed by atoms with E-state index in [9.17, 15) is 4.79 Å². The molecule has 0 aliphatic rings. The Morgan fingerprint density at radius 1 is 1.38 bits per heavy atom. The average molecular weight is 364 g/mol. The van der Waals surface area contributed by atoms with E-state index in [4.69, 9.17) is 28.6 Å². The Morgan fingerprint density at radius 3 is 2.83 bits per heavy atom. The van der Waals surface area contributed by atoms with Crippen LogP contribution in [0.1, 0.15) is 30.6 Å². The van der Waals surface area contributed by atoms with Crippen LogP contribution in [0.5, 0.6) is 5.75 Å². The summed E-state index contributed by atoms with van der Waals surface area (Å²) in [6, 6.07) is 10.3. The van der Waals surface area contributed by atoms with Crippen molar-refractivity contribution in [2.45, 2.75) is 26.4 Å². The Labute approximate surface area is 151 Å². The van der Waals surface area contributed by atoms with Crippen molar-refractivity contribution in [2.24, 2.45) is 0 Å². The summed E-state index contributed by atoms with van der Waals surface area (Å²) >= 11 is 10.9. The summed E-state index contributed by atoms with van der Waals surface area (Å²) in [6.07, 6.45) is 2.50. The molecule has 1 unspecified atom stereocenters. The summed E-state index contributed by atoms with van der Waals surface area (Å²) in [5, 5.41) is 6.05. The van der Waals surface area contributed by atoms with Crippen molar-refractivity contribution in [3.8, 4) is 5.75 Å². The second-order valence-electron chi connectivity index (χ2n) is 5.14. The monoisotopic (exact) mass is 363 g/mol. The second-order valence-corrected chi connectivity index (χ2v) is 5.94. The molecule has 1 atom stereocenters. The number of nitrogens with zero attached hydrogens (tertiary/aromatic N) is 1. The Bertz CT molecular complexity index is 722. The Morgan fingerprint density at radius 2 is 2.17 bits per heavy atom. The molecule has 126 valence electrons. The summed E-state index contributed by atoms with van der Waals surface area (Å²) in [6.45, 7) is 4.02. The molecule has 0 saturated carbocycles. The molecular formula is C17H18ClN3O2S. The highest BCUT2D eigenvalue weighted by Gasteiger charge is 2.10. The van der Waals surface area contributed by atoms with Gasteiger partial charge in [0.1, 0.15) is 10.9 Å². The second kappa shape index (κ2) is 8.61. The van der Waals surface area contributed by atoms with Crippen LogP contribution in [0.2, 0.25) is 5.15 Å². The maximum atomic E-state index is 12.3. The van der Waals surface area contributed by atoms with Crippen LogP contribution in [-0.2, 0) is 0 Å². The third kappa shape index (κ3) is 5.47. The zero-order valence-electron chi connectivity index (χ0n) is 13.4. The molecule has 1 heterocycles. The minimum absolute atomic E-state index is 0.0865. The number of hydrogen-bond donors (Lipinski definition) is 2. The van der Waals surface area contributed by atoms with Gasteiger partial charge in [-0.15, -0.1) is 0 Å². The number of ether oxygens (including phenoxy) is 1. The molecule has 0 aliphatic carbocycles. The minimum Gasteiger partial charge on any atom is -0.491 e. The van der Waals surface area contributed by atoms with Crippen LogP contribution in [-0.4, -0.2) is 22.1 Å². The molecule has 0 spiro atoms. The van der Waals surface area contributed by atoms with Crippen LogP contribution in [0.4, 0.5) is 5.69 Å². The maximum absolute atomic E-state index is 12.3. The van der Waals surface area contributed by atoms with E-state index < -0.39 is 0 Å². The summed E-state index contributed by atoms with van der Waals surface area (Å²) in [5.41, 5.74) is 1.10. The van der Waals surface area contributed by atoms with Gasteiger partial charge in [0.15, 0.2) is 5.11 Å². The SMILES string of the molecule is CCC(C)Oc1cccc(C(=O)NC(=S)Nc2ccc(Cl)nc2)c1. The van der Waals surface area contributed by atoms with Crippen molar-refractivity contribution in [1.82, 2.24) is 10.3 Å². The number of benzene rings is 1. The van der Waals surface area contributed by atoms with Gasteiger partial charge in [-0.2, -0.15) is 0 Å². The lowest BCUT2D eigenvalue weighted by Crippen LogP contribution is -2.34. The number of rotatable bonds is 5. The van der Waals surface area contributed by atoms with Crippen LogP contribution < -0.4 is 15.4 Å². The fourth-order valence-corrected chi connectivity index (χ4v) is 2.14. The molecule has 0 radical (unpaired) electrons. The predicted octanol–water partition coefficient (Wildman–Crippen LogP) is 4.04. The van der Waals surface area contributed by atoms with Gasteiger partial charge in [0.2, 0.25) is 0 Å². The smallest absolute Gasteiger partial charge is 0.257 e. The van der Waals surface area contributed by atoms with E-state index in [1.54, 1.807) is 30.3 Å². The van der Waals surface area contributed by atoms with Crippen LogP contribution in [0.25, 0.3) is 0 Å². The van der Waals surface area contributed by atoms with E-state index in [1.165, 1.54) is 6.20 Å². The third-order valence-electron chi connectivity index (χ3n) is 3.22. The molecule has 1 aromatic carbocycles. The van der Waals surface area contributed by atoms with Crippen LogP contribution in [0.3, 0.4) is 0 Å². The lowest BCUT2D eigenvalue weighted by molar-refractivity contribution is 0.0977. The summed E-state index contributed by atoms with van der Waals surface area (Å²) in [7, 11) is 0. The molecule has 1 aromatic heterocycles. The fourth-order valence-electron chi connectivity index (χ4n) is 1.81. The van der Waals surface area contributed by atoms with E-state index >= 15 is 0 Å². The number of nitrogens with one attached hydrogen (secondary N) is 2. The number of hydrogen-bond acceptors (Lipinski definition) is 4. The topological polar surface area (TPSA) is 63.2 Å². The highest BCUT2D eigenvalue weighted by Crippen LogP contribution is 2.16. The van der Waals surface area contributed by atoms with Crippen molar-refractivity contribution in [3.05, 3.63) is 53.3 Å². The highest BCUT2D eigenvalue weighted by molar-refractivity contribution is 7.80. The lowest BCUT2D eigenvalue weighted by Gasteiger charge is -2.13. The number of pyridine rings is 1. The summed E-state index contributed by atoms with van der Waals surface area (Å²) in [4.78, 5) is 16.2. The lowest BCUT2D eigenvalue weighted by atomic mass is 10.2. The van der Waals surface area contributed by atoms with E-state index in [2.05, 4.69) is 15.6 Å². The number of amides is 1. The van der Waals surface area contributed by atoms with Crippen molar-refractivity contribution in [1.29, 1.82) is 0 Å². The minimum atomic E-state index is -0.316. The molecule has 1 amide bonds. The summed E-state index contributed by atoms with van der Waals surface area (Å²) in [5.74, 6) is 0.335. The van der Waals surface area contributed by atoms with Gasteiger partial charge < -0.3 is 10.1 Å². The summed E-state index contributed by atoms with van der Waals surface area (Å²) < 4.78 is 5.72. The normalized spacial score (nSPS) is 11.5. The Hall–Kier alpha value is -2.18. The Balaban J connectivity index is 1.97. The van der Waals surface area contributed by atoms with Gasteiger partial charge in [0.25, 0.3) is 5.91 Å². The number of anilines is 1. The molecule has 24 heavy (non-hydrogen) atoms. The van der Waals surface area contributed by atoms with Crippen molar-refractivity contribution < 1.29 is 9.53 Å². The van der Waals surface area contributed by atoms with E-state index in [0.717, 1.165) is 6.42 Å². The number of aromatic nitrogens is 1. The number of halogens is 1. The Kier molecular flexibility index (Phi) is 6.52. The van der Waals surface area contributed by atoms with Gasteiger partial charge in [0.05, 0.1) is 18.0 Å². The fraction of sp³-hybridized carbons (Fsp3) is 0.235. The molecule has 7 heteroatoms. The zero-order chi connectivity index (χ0) is 17.5. The third-order valence-corrected chi connectivity index (χ3v) is 3.65. The molecular weight excluding hydrogens is 346 g/mol. The number of thiocarbonyl (C=S) groups is 1. The highest BCUT2D eigenvalue weighted by atomic mass is 35.5. The van der Waals surface area contributed by atoms with Crippen LogP contribution >= 0.6 is 23.8 Å². The molecule has 2 rings (SSSR count). The number of carbonyl (C=O) groups is 1. The van der Waals surface area contributed by atoms with E-state index in [-0.39, 0.29) is 17.1 Å². The largest absolute Gasteiger partial charge is 0.491 e. The molecule has 0 fully saturated rings. The van der Waals surface area contributed by atoms with Crippen LogP contribution in [0, 0.1) is 0 Å². The molecule has 0 aliphatic heterocycles. The first-order valence-electron chi connectivity index (χ1n) is 7.48. The van der Waals surface area contributed by atoms with Gasteiger partial charge in [-0.3, -0.25) is 10.1 Å². The van der Waals surface area contributed by atoms with Gasteiger partial charge in [-0.05, 0) is 55.9 Å². The zero-order valence-corrected chi connectivity index (χ0v) is 14.9. The quantitative estimate of drug-likeness (QED) is 0.620. The first kappa shape index (κ1) is 18.2. The molecule has 0 bridgehead atoms. The number of carbonyl (C=O) groups excluding carboxylic acids is 1. The standard InChI is InChI=1S/C17H18ClN3O2S/c1-3-11(2)23-14-6-4-5-12(9-14)16(22)21-17(24)20-13-7-8-15(18)19-10-13/h4-11H,3H2,1-2H3,(H2,20,21,22,24). The average Bonchev–Trinajstić information content (AvgIpc) is 2.57. The first-order valence-corrected chi connectivity index (χ1v) is 8.27. The van der Waals surface area contributed by atoms with Crippen molar-refractivity contribution in [2.75, 3.05) is 5.32 Å². The molecule has 2 N–H and O–H groups in total. The van der Waals surface area contributed by atoms with Crippen LogP contribution in [0.15, 0.2) is 42.6 Å². The molecule has 2 aromatic rings. The van der Waals surface area contributed by atoms with Gasteiger partial charge in [-0.25, -0.2) is 4.98 Å².